The number of benzene rings is 1. The average molecular weight is 221 g/mol. The van der Waals surface area contributed by atoms with Crippen molar-refractivity contribution in [2.75, 3.05) is 32.2 Å². The molecule has 3 heteroatoms. The van der Waals surface area contributed by atoms with E-state index in [0.29, 0.717) is 0 Å². The highest BCUT2D eigenvalue weighted by atomic mass is 16.5. The van der Waals surface area contributed by atoms with Gasteiger partial charge in [0.2, 0.25) is 0 Å². The number of nitrogens with zero attached hydrogens (tertiary/aromatic N) is 1. The predicted octanol–water partition coefficient (Wildman–Crippen LogP) is 2.16. The highest BCUT2D eigenvalue weighted by Gasteiger charge is 2.06. The predicted molar refractivity (Wildman–Crippen MR) is 68.1 cm³/mol. The molecule has 0 unspecified atom stereocenters. The van der Waals surface area contributed by atoms with E-state index in [1.165, 1.54) is 0 Å². The fourth-order valence-corrected chi connectivity index (χ4v) is 1.60. The summed E-state index contributed by atoms with van der Waals surface area (Å²) in [5, 5.41) is 8.80. The number of rotatable bonds is 6. The van der Waals surface area contributed by atoms with Crippen LogP contribution >= 0.6 is 0 Å². The summed E-state index contributed by atoms with van der Waals surface area (Å²) >= 11 is 0. The van der Waals surface area contributed by atoms with Gasteiger partial charge >= 0.3 is 0 Å². The molecule has 0 saturated heterocycles. The molecule has 0 spiro atoms. The molecule has 0 aliphatic heterocycles. The highest BCUT2D eigenvalue weighted by Crippen LogP contribution is 2.25. The molecule has 0 aromatic heterocycles. The topological polar surface area (TPSA) is 32.7 Å². The van der Waals surface area contributed by atoms with Crippen LogP contribution in [0, 0.1) is 0 Å². The minimum Gasteiger partial charge on any atom is -0.497 e. The molecule has 0 fully saturated rings. The van der Waals surface area contributed by atoms with Gasteiger partial charge in [0.25, 0.3) is 0 Å². The summed E-state index contributed by atoms with van der Waals surface area (Å²) in [6.45, 7) is 4.83. The van der Waals surface area contributed by atoms with Crippen LogP contribution < -0.4 is 9.64 Å². The number of anilines is 1. The SMILES string of the molecule is C=Cc1cc(OC)ccc1N(C)CCCO. The standard InChI is InChI=1S/C13H19NO2/c1-4-11-10-12(16-3)6-7-13(11)14(2)8-5-9-15/h4,6-7,10,15H,1,5,8-9H2,2-3H3. The second-order valence-electron chi connectivity index (χ2n) is 3.63. The summed E-state index contributed by atoms with van der Waals surface area (Å²) in [5.74, 6) is 0.828. The molecule has 1 N–H and O–H groups in total. The van der Waals surface area contributed by atoms with E-state index in [9.17, 15) is 0 Å². The van der Waals surface area contributed by atoms with Crippen molar-refractivity contribution in [2.45, 2.75) is 6.42 Å². The second-order valence-corrected chi connectivity index (χ2v) is 3.63. The van der Waals surface area contributed by atoms with Crippen LogP contribution in [-0.2, 0) is 0 Å². The lowest BCUT2D eigenvalue weighted by Crippen LogP contribution is -2.20. The number of hydrogen-bond acceptors (Lipinski definition) is 3. The van der Waals surface area contributed by atoms with Gasteiger partial charge in [-0.25, -0.2) is 0 Å². The van der Waals surface area contributed by atoms with Crippen LogP contribution in [0.4, 0.5) is 5.69 Å². The Balaban J connectivity index is 2.90. The van der Waals surface area contributed by atoms with Crippen molar-refractivity contribution in [1.29, 1.82) is 0 Å². The first-order chi connectivity index (χ1) is 7.72. The van der Waals surface area contributed by atoms with Crippen LogP contribution in [0.25, 0.3) is 6.08 Å². The summed E-state index contributed by atoms with van der Waals surface area (Å²) in [5.41, 5.74) is 2.14. The van der Waals surface area contributed by atoms with Crippen LogP contribution in [0.3, 0.4) is 0 Å². The molecule has 0 aliphatic rings. The van der Waals surface area contributed by atoms with Gasteiger partial charge in [-0.05, 0) is 24.6 Å². The second kappa shape index (κ2) is 6.18. The van der Waals surface area contributed by atoms with Crippen LogP contribution in [0.5, 0.6) is 5.75 Å². The van der Waals surface area contributed by atoms with E-state index in [0.717, 1.165) is 30.0 Å². The Labute approximate surface area is 97.0 Å². The zero-order valence-corrected chi connectivity index (χ0v) is 9.94. The quantitative estimate of drug-likeness (QED) is 0.799. The van der Waals surface area contributed by atoms with Gasteiger partial charge in [-0.2, -0.15) is 0 Å². The molecule has 0 heterocycles. The number of ether oxygens (including phenoxy) is 1. The number of hydrogen-bond donors (Lipinski definition) is 1. The lowest BCUT2D eigenvalue weighted by Gasteiger charge is -2.21. The van der Waals surface area contributed by atoms with Gasteiger partial charge < -0.3 is 14.7 Å². The first-order valence-corrected chi connectivity index (χ1v) is 5.35. The third-order valence-electron chi connectivity index (χ3n) is 2.52. The van der Waals surface area contributed by atoms with Crippen molar-refractivity contribution >= 4 is 11.8 Å². The van der Waals surface area contributed by atoms with Crippen molar-refractivity contribution in [3.05, 3.63) is 30.3 Å². The van der Waals surface area contributed by atoms with E-state index < -0.39 is 0 Å². The van der Waals surface area contributed by atoms with Gasteiger partial charge in [0.05, 0.1) is 7.11 Å². The molecule has 0 aliphatic carbocycles. The minimum absolute atomic E-state index is 0.212. The third-order valence-corrected chi connectivity index (χ3v) is 2.52. The van der Waals surface area contributed by atoms with E-state index in [1.807, 2.05) is 31.3 Å². The van der Waals surface area contributed by atoms with E-state index in [1.54, 1.807) is 7.11 Å². The van der Waals surface area contributed by atoms with Gasteiger partial charge in [0.15, 0.2) is 0 Å². The average Bonchev–Trinajstić information content (AvgIpc) is 2.34. The summed E-state index contributed by atoms with van der Waals surface area (Å²) in [4.78, 5) is 2.10. The van der Waals surface area contributed by atoms with E-state index in [4.69, 9.17) is 9.84 Å². The van der Waals surface area contributed by atoms with E-state index in [2.05, 4.69) is 11.5 Å². The lowest BCUT2D eigenvalue weighted by atomic mass is 10.1. The Morgan fingerprint density at radius 2 is 2.25 bits per heavy atom. The number of aliphatic hydroxyl groups is 1. The highest BCUT2D eigenvalue weighted by molar-refractivity contribution is 5.68. The molecule has 3 nitrogen and oxygen atoms in total. The summed E-state index contributed by atoms with van der Waals surface area (Å²) in [7, 11) is 3.65. The maximum Gasteiger partial charge on any atom is 0.119 e. The molecular weight excluding hydrogens is 202 g/mol. The maximum atomic E-state index is 8.80. The Bertz CT molecular complexity index is 350. The zero-order valence-electron chi connectivity index (χ0n) is 9.94. The molecule has 1 aromatic carbocycles. The summed E-state index contributed by atoms with van der Waals surface area (Å²) in [6, 6.07) is 5.89. The molecule has 0 atom stereocenters. The van der Waals surface area contributed by atoms with Crippen LogP contribution in [0.2, 0.25) is 0 Å². The lowest BCUT2D eigenvalue weighted by molar-refractivity contribution is 0.290. The maximum absolute atomic E-state index is 8.80. The Morgan fingerprint density at radius 3 is 2.81 bits per heavy atom. The van der Waals surface area contributed by atoms with Gasteiger partial charge in [0.1, 0.15) is 5.75 Å². The zero-order chi connectivity index (χ0) is 12.0. The van der Waals surface area contributed by atoms with E-state index >= 15 is 0 Å². The van der Waals surface area contributed by atoms with Crippen molar-refractivity contribution in [3.63, 3.8) is 0 Å². The van der Waals surface area contributed by atoms with Crippen molar-refractivity contribution in [3.8, 4) is 5.75 Å². The molecule has 0 amide bonds. The largest absolute Gasteiger partial charge is 0.497 e. The van der Waals surface area contributed by atoms with Gasteiger partial charge in [-0.3, -0.25) is 0 Å². The smallest absolute Gasteiger partial charge is 0.119 e. The Kier molecular flexibility index (Phi) is 4.86. The van der Waals surface area contributed by atoms with Crippen LogP contribution in [0.1, 0.15) is 12.0 Å². The Hall–Kier alpha value is -1.48. The van der Waals surface area contributed by atoms with Crippen LogP contribution in [-0.4, -0.2) is 32.4 Å². The normalized spacial score (nSPS) is 9.94. The minimum atomic E-state index is 0.212. The molecule has 0 saturated carbocycles. The fourth-order valence-electron chi connectivity index (χ4n) is 1.60. The molecular formula is C13H19NO2. The van der Waals surface area contributed by atoms with Gasteiger partial charge in [0, 0.05) is 31.5 Å². The first-order valence-electron chi connectivity index (χ1n) is 5.35. The molecule has 88 valence electrons. The monoisotopic (exact) mass is 221 g/mol. The fraction of sp³-hybridized carbons (Fsp3) is 0.385. The van der Waals surface area contributed by atoms with Crippen molar-refractivity contribution in [2.24, 2.45) is 0 Å². The molecule has 1 aromatic rings. The molecule has 0 bridgehead atoms. The van der Waals surface area contributed by atoms with Gasteiger partial charge in [-0.15, -0.1) is 0 Å². The Morgan fingerprint density at radius 1 is 1.50 bits per heavy atom. The van der Waals surface area contributed by atoms with Crippen molar-refractivity contribution < 1.29 is 9.84 Å². The number of methoxy groups -OCH3 is 1. The third kappa shape index (κ3) is 3.00. The molecule has 0 radical (unpaired) electrons. The molecule has 1 rings (SSSR count). The number of aliphatic hydroxyl groups excluding tert-OH is 1. The molecule has 16 heavy (non-hydrogen) atoms. The van der Waals surface area contributed by atoms with E-state index in [-0.39, 0.29) is 6.61 Å². The first kappa shape index (κ1) is 12.6. The summed E-state index contributed by atoms with van der Waals surface area (Å²) < 4.78 is 5.17. The van der Waals surface area contributed by atoms with Gasteiger partial charge in [-0.1, -0.05) is 12.7 Å². The van der Waals surface area contributed by atoms with Crippen molar-refractivity contribution in [1.82, 2.24) is 0 Å². The van der Waals surface area contributed by atoms with Crippen LogP contribution in [0.15, 0.2) is 24.8 Å². The summed E-state index contributed by atoms with van der Waals surface area (Å²) in [6.07, 6.45) is 2.58.